The summed E-state index contributed by atoms with van der Waals surface area (Å²) >= 11 is 0. The molecule has 0 amide bonds. The number of benzene rings is 2. The second kappa shape index (κ2) is 10.1. The minimum Gasteiger partial charge on any atom is -0.490 e. The zero-order chi connectivity index (χ0) is 20.2. The minimum atomic E-state index is -0.639. The number of halogens is 1. The summed E-state index contributed by atoms with van der Waals surface area (Å²) in [6.07, 6.45) is 2.49. The first-order chi connectivity index (χ1) is 14.2. The van der Waals surface area contributed by atoms with Gasteiger partial charge in [-0.05, 0) is 49.4 Å². The second-order valence-corrected chi connectivity index (χ2v) is 7.69. The molecule has 1 heterocycles. The lowest BCUT2D eigenvalue weighted by Gasteiger charge is -2.26. The first-order valence-electron chi connectivity index (χ1n) is 10.4. The zero-order valence-corrected chi connectivity index (χ0v) is 18.0. The van der Waals surface area contributed by atoms with Crippen molar-refractivity contribution < 1.29 is 9.84 Å². The molecule has 0 bridgehead atoms. The van der Waals surface area contributed by atoms with E-state index in [0.29, 0.717) is 24.9 Å². The maximum Gasteiger partial charge on any atom is 0.254 e. The summed E-state index contributed by atoms with van der Waals surface area (Å²) in [5.41, 5.74) is 3.59. The number of pyridine rings is 1. The van der Waals surface area contributed by atoms with E-state index in [4.69, 9.17) is 4.74 Å². The molecule has 1 aliphatic rings. The highest BCUT2D eigenvalue weighted by atomic mass is 35.5. The Kier molecular flexibility index (Phi) is 7.53. The van der Waals surface area contributed by atoms with Crippen LogP contribution in [0, 0.1) is 0 Å². The monoisotopic (exact) mass is 428 g/mol. The molecule has 2 N–H and O–H groups in total. The van der Waals surface area contributed by atoms with E-state index in [2.05, 4.69) is 29.6 Å². The van der Waals surface area contributed by atoms with Crippen LogP contribution in [0.5, 0.6) is 5.75 Å². The molecule has 30 heavy (non-hydrogen) atoms. The van der Waals surface area contributed by atoms with Gasteiger partial charge in [-0.1, -0.05) is 36.4 Å². The molecule has 3 aromatic rings. The molecule has 6 heteroatoms. The molecular weight excluding hydrogens is 400 g/mol. The Morgan fingerprint density at radius 1 is 1.17 bits per heavy atom. The minimum absolute atomic E-state index is 0. The van der Waals surface area contributed by atoms with Crippen LogP contribution in [-0.2, 0) is 19.4 Å². The third-order valence-corrected chi connectivity index (χ3v) is 5.72. The molecular formula is C24H29ClN2O3. The Hall–Kier alpha value is -2.34. The number of aryl methyl sites for hydroxylation is 2. The lowest BCUT2D eigenvalue weighted by Crippen LogP contribution is -2.40. The number of hydrogen-bond acceptors (Lipinski definition) is 4. The van der Waals surface area contributed by atoms with Crippen LogP contribution in [0.4, 0.5) is 0 Å². The SMILES string of the molecule is CCn1c(=O)cc(OCC(O)CNC2CCc3ccccc3C2)c2ccccc21.Cl. The van der Waals surface area contributed by atoms with E-state index in [1.807, 2.05) is 31.2 Å². The van der Waals surface area contributed by atoms with Gasteiger partial charge < -0.3 is 19.7 Å². The molecule has 160 valence electrons. The van der Waals surface area contributed by atoms with Crippen LogP contribution in [-0.4, -0.2) is 35.0 Å². The fourth-order valence-corrected chi connectivity index (χ4v) is 4.17. The van der Waals surface area contributed by atoms with Crippen molar-refractivity contribution in [3.8, 4) is 5.75 Å². The number of nitrogens with one attached hydrogen (secondary N) is 1. The predicted molar refractivity (Wildman–Crippen MR) is 123 cm³/mol. The summed E-state index contributed by atoms with van der Waals surface area (Å²) in [7, 11) is 0. The van der Waals surface area contributed by atoms with E-state index in [1.165, 1.54) is 17.2 Å². The molecule has 0 saturated carbocycles. The molecule has 0 fully saturated rings. The number of aliphatic hydroxyl groups is 1. The third kappa shape index (κ3) is 4.86. The summed E-state index contributed by atoms with van der Waals surface area (Å²) in [4.78, 5) is 12.4. The first-order valence-corrected chi connectivity index (χ1v) is 10.4. The van der Waals surface area contributed by atoms with Gasteiger partial charge in [0.15, 0.2) is 0 Å². The summed E-state index contributed by atoms with van der Waals surface area (Å²) in [6.45, 7) is 3.18. The van der Waals surface area contributed by atoms with Gasteiger partial charge in [0.2, 0.25) is 0 Å². The van der Waals surface area contributed by atoms with Crippen molar-refractivity contribution in [2.24, 2.45) is 0 Å². The van der Waals surface area contributed by atoms with Crippen LogP contribution >= 0.6 is 12.4 Å². The van der Waals surface area contributed by atoms with Crippen molar-refractivity contribution in [3.63, 3.8) is 0 Å². The lowest BCUT2D eigenvalue weighted by molar-refractivity contribution is 0.103. The Morgan fingerprint density at radius 3 is 2.70 bits per heavy atom. The summed E-state index contributed by atoms with van der Waals surface area (Å²) in [5, 5.41) is 14.8. The van der Waals surface area contributed by atoms with E-state index in [1.54, 1.807) is 4.57 Å². The number of ether oxygens (including phenoxy) is 1. The van der Waals surface area contributed by atoms with Crippen molar-refractivity contribution in [1.29, 1.82) is 0 Å². The molecule has 2 aromatic carbocycles. The highest BCUT2D eigenvalue weighted by Crippen LogP contribution is 2.24. The van der Waals surface area contributed by atoms with Gasteiger partial charge in [-0.3, -0.25) is 4.79 Å². The van der Waals surface area contributed by atoms with E-state index in [9.17, 15) is 9.90 Å². The average molecular weight is 429 g/mol. The standard InChI is InChI=1S/C24H28N2O3.ClH/c1-2-26-22-10-6-5-9-21(22)23(14-24(26)28)29-16-20(27)15-25-19-12-11-17-7-3-4-8-18(17)13-19;/h3-10,14,19-20,25,27H,2,11-13,15-16H2,1H3;1H. The van der Waals surface area contributed by atoms with Gasteiger partial charge in [-0.2, -0.15) is 0 Å². The van der Waals surface area contributed by atoms with Crippen LogP contribution < -0.4 is 15.6 Å². The number of aromatic nitrogens is 1. The predicted octanol–water partition coefficient (Wildman–Crippen LogP) is 3.33. The second-order valence-electron chi connectivity index (χ2n) is 7.69. The smallest absolute Gasteiger partial charge is 0.254 e. The number of hydrogen-bond donors (Lipinski definition) is 2. The first kappa shape index (κ1) is 22.3. The number of rotatable bonds is 7. The lowest BCUT2D eigenvalue weighted by atomic mass is 9.88. The van der Waals surface area contributed by atoms with Crippen LogP contribution in [0.25, 0.3) is 10.9 Å². The molecule has 0 saturated heterocycles. The van der Waals surface area contributed by atoms with Crippen molar-refractivity contribution in [2.45, 2.75) is 44.9 Å². The average Bonchev–Trinajstić information content (AvgIpc) is 2.76. The zero-order valence-electron chi connectivity index (χ0n) is 17.2. The molecule has 1 aliphatic carbocycles. The van der Waals surface area contributed by atoms with Crippen LogP contribution in [0.3, 0.4) is 0 Å². The molecule has 2 unspecified atom stereocenters. The van der Waals surface area contributed by atoms with Crippen molar-refractivity contribution >= 4 is 23.3 Å². The summed E-state index contributed by atoms with van der Waals surface area (Å²) < 4.78 is 7.58. The van der Waals surface area contributed by atoms with Gasteiger partial charge in [0.05, 0.1) is 5.52 Å². The molecule has 4 rings (SSSR count). The Balaban J connectivity index is 0.00000256. The Bertz CT molecular complexity index is 1050. The maximum absolute atomic E-state index is 12.4. The molecule has 0 spiro atoms. The Morgan fingerprint density at radius 2 is 1.90 bits per heavy atom. The normalized spacial score (nSPS) is 16.5. The fraction of sp³-hybridized carbons (Fsp3) is 0.375. The third-order valence-electron chi connectivity index (χ3n) is 5.72. The van der Waals surface area contributed by atoms with Gasteiger partial charge in [0, 0.05) is 30.6 Å². The number of aliphatic hydroxyl groups excluding tert-OH is 1. The van der Waals surface area contributed by atoms with Gasteiger partial charge in [-0.25, -0.2) is 0 Å². The van der Waals surface area contributed by atoms with E-state index in [-0.39, 0.29) is 24.6 Å². The number of fused-ring (bicyclic) bond motifs is 2. The molecule has 0 aliphatic heterocycles. The molecule has 2 atom stereocenters. The molecule has 0 radical (unpaired) electrons. The van der Waals surface area contributed by atoms with E-state index in [0.717, 1.165) is 30.2 Å². The highest BCUT2D eigenvalue weighted by Gasteiger charge is 2.19. The van der Waals surface area contributed by atoms with Crippen LogP contribution in [0.1, 0.15) is 24.5 Å². The van der Waals surface area contributed by atoms with Gasteiger partial charge in [-0.15, -0.1) is 12.4 Å². The van der Waals surface area contributed by atoms with Gasteiger partial charge in [0.25, 0.3) is 5.56 Å². The summed E-state index contributed by atoms with van der Waals surface area (Å²) in [6, 6.07) is 18.2. The topological polar surface area (TPSA) is 63.5 Å². The van der Waals surface area contributed by atoms with Crippen molar-refractivity contribution in [2.75, 3.05) is 13.2 Å². The highest BCUT2D eigenvalue weighted by molar-refractivity contribution is 5.85. The molecule has 5 nitrogen and oxygen atoms in total. The largest absolute Gasteiger partial charge is 0.490 e. The van der Waals surface area contributed by atoms with Gasteiger partial charge >= 0.3 is 0 Å². The van der Waals surface area contributed by atoms with E-state index >= 15 is 0 Å². The molecule has 1 aromatic heterocycles. The van der Waals surface area contributed by atoms with E-state index < -0.39 is 6.10 Å². The summed E-state index contributed by atoms with van der Waals surface area (Å²) in [5.74, 6) is 0.529. The fourth-order valence-electron chi connectivity index (χ4n) is 4.17. The Labute approximate surface area is 183 Å². The van der Waals surface area contributed by atoms with Crippen LogP contribution in [0.15, 0.2) is 59.4 Å². The van der Waals surface area contributed by atoms with Crippen molar-refractivity contribution in [3.05, 3.63) is 76.1 Å². The maximum atomic E-state index is 12.4. The van der Waals surface area contributed by atoms with Crippen LogP contribution in [0.2, 0.25) is 0 Å². The number of para-hydroxylation sites is 1. The van der Waals surface area contributed by atoms with Crippen molar-refractivity contribution in [1.82, 2.24) is 9.88 Å². The van der Waals surface area contributed by atoms with Gasteiger partial charge in [0.1, 0.15) is 18.5 Å². The quantitative estimate of drug-likeness (QED) is 0.606. The number of nitrogens with zero attached hydrogens (tertiary/aromatic N) is 1.